The van der Waals surface area contributed by atoms with Gasteiger partial charge in [-0.3, -0.25) is 9.59 Å². The van der Waals surface area contributed by atoms with Gasteiger partial charge in [0.25, 0.3) is 0 Å². The average molecular weight is 511 g/mol. The van der Waals surface area contributed by atoms with Crippen LogP contribution in [0.5, 0.6) is 0 Å². The van der Waals surface area contributed by atoms with Gasteiger partial charge in [0.2, 0.25) is 5.91 Å². The molecule has 0 radical (unpaired) electrons. The topological polar surface area (TPSA) is 51.1 Å². The summed E-state index contributed by atoms with van der Waals surface area (Å²) in [6.07, 6.45) is 5.30. The summed E-state index contributed by atoms with van der Waals surface area (Å²) in [5.74, 6) is -0.756. The molecule has 1 heterocycles. The van der Waals surface area contributed by atoms with Crippen molar-refractivity contribution >= 4 is 27.6 Å². The Bertz CT molecular complexity index is 1190. The highest BCUT2D eigenvalue weighted by atomic mass is 79.9. The van der Waals surface area contributed by atoms with E-state index >= 15 is 0 Å². The van der Waals surface area contributed by atoms with Crippen molar-refractivity contribution < 1.29 is 14.0 Å². The minimum absolute atomic E-state index is 0.0329. The van der Waals surface area contributed by atoms with Crippen LogP contribution in [-0.2, 0) is 11.3 Å². The van der Waals surface area contributed by atoms with Crippen LogP contribution in [0.1, 0.15) is 65.0 Å². The molecule has 4 rings (SSSR count). The SMILES string of the molecule is Cc1cc(C)n(-c2ccc(Br)cc2C(=O)c2ccccc2F)c1CNC(=O)C1CCCCC1. The number of nitrogens with one attached hydrogen (secondary N) is 1. The van der Waals surface area contributed by atoms with Crippen molar-refractivity contribution in [3.8, 4) is 5.69 Å². The van der Waals surface area contributed by atoms with Gasteiger partial charge in [0.15, 0.2) is 5.78 Å². The van der Waals surface area contributed by atoms with Gasteiger partial charge in [-0.25, -0.2) is 4.39 Å². The second-order valence-corrected chi connectivity index (χ2v) is 9.69. The Kier molecular flexibility index (Phi) is 7.13. The molecule has 1 aliphatic rings. The lowest BCUT2D eigenvalue weighted by Crippen LogP contribution is -2.32. The summed E-state index contributed by atoms with van der Waals surface area (Å²) in [6.45, 7) is 4.35. The van der Waals surface area contributed by atoms with E-state index in [1.165, 1.54) is 18.6 Å². The van der Waals surface area contributed by atoms with Gasteiger partial charge in [0, 0.05) is 27.3 Å². The van der Waals surface area contributed by atoms with Crippen LogP contribution in [0.25, 0.3) is 5.69 Å². The predicted molar refractivity (Wildman–Crippen MR) is 131 cm³/mol. The summed E-state index contributed by atoms with van der Waals surface area (Å²) < 4.78 is 17.2. The lowest BCUT2D eigenvalue weighted by molar-refractivity contribution is -0.126. The Hall–Kier alpha value is -2.73. The second-order valence-electron chi connectivity index (χ2n) is 8.77. The fraction of sp³-hybridized carbons (Fsp3) is 0.333. The molecule has 2 aromatic carbocycles. The van der Waals surface area contributed by atoms with Crippen LogP contribution in [0.4, 0.5) is 4.39 Å². The molecule has 0 spiro atoms. The molecule has 172 valence electrons. The number of amides is 1. The fourth-order valence-corrected chi connectivity index (χ4v) is 5.12. The number of carbonyl (C=O) groups excluding carboxylic acids is 2. The van der Waals surface area contributed by atoms with Gasteiger partial charge in [-0.2, -0.15) is 0 Å². The molecule has 3 aromatic rings. The molecule has 33 heavy (non-hydrogen) atoms. The molecular formula is C27H28BrFN2O2. The summed E-state index contributed by atoms with van der Waals surface area (Å²) >= 11 is 3.45. The predicted octanol–water partition coefficient (Wildman–Crippen LogP) is 6.42. The van der Waals surface area contributed by atoms with Gasteiger partial charge in [-0.1, -0.05) is 47.3 Å². The molecule has 1 aliphatic carbocycles. The molecule has 6 heteroatoms. The first-order chi connectivity index (χ1) is 15.9. The van der Waals surface area contributed by atoms with Gasteiger partial charge in [0.05, 0.1) is 17.8 Å². The number of hydrogen-bond acceptors (Lipinski definition) is 2. The van der Waals surface area contributed by atoms with Gasteiger partial charge in [-0.05, 0) is 68.7 Å². The van der Waals surface area contributed by atoms with Gasteiger partial charge < -0.3 is 9.88 Å². The summed E-state index contributed by atoms with van der Waals surface area (Å²) in [4.78, 5) is 26.1. The second kappa shape index (κ2) is 10.0. The zero-order valence-electron chi connectivity index (χ0n) is 19.0. The van der Waals surface area contributed by atoms with Crippen molar-refractivity contribution in [3.63, 3.8) is 0 Å². The first-order valence-electron chi connectivity index (χ1n) is 11.4. The standard InChI is InChI=1S/C27H28BrFN2O2/c1-17-14-18(2)31(25(17)16-30-27(33)19-8-4-3-5-9-19)24-13-12-20(28)15-22(24)26(32)21-10-6-7-11-23(21)29/h6-7,10-15,19H,3-5,8-9,16H2,1-2H3,(H,30,33). The Morgan fingerprint density at radius 2 is 1.76 bits per heavy atom. The minimum Gasteiger partial charge on any atom is -0.350 e. The fourth-order valence-electron chi connectivity index (χ4n) is 4.76. The summed E-state index contributed by atoms with van der Waals surface area (Å²) in [6, 6.07) is 13.5. The average Bonchev–Trinajstić information content (AvgIpc) is 3.10. The van der Waals surface area contributed by atoms with Gasteiger partial charge in [0.1, 0.15) is 5.82 Å². The van der Waals surface area contributed by atoms with Crippen LogP contribution in [0.2, 0.25) is 0 Å². The van der Waals surface area contributed by atoms with E-state index in [4.69, 9.17) is 0 Å². The number of halogens is 2. The highest BCUT2D eigenvalue weighted by Gasteiger charge is 2.24. The Morgan fingerprint density at radius 3 is 2.48 bits per heavy atom. The molecule has 1 aromatic heterocycles. The van der Waals surface area contributed by atoms with Crippen LogP contribution in [0.3, 0.4) is 0 Å². The van der Waals surface area contributed by atoms with E-state index in [1.807, 2.05) is 36.6 Å². The Labute approximate surface area is 202 Å². The maximum Gasteiger partial charge on any atom is 0.223 e. The van der Waals surface area contributed by atoms with Crippen LogP contribution < -0.4 is 5.32 Å². The highest BCUT2D eigenvalue weighted by Crippen LogP contribution is 2.29. The molecule has 0 unspecified atom stereocenters. The number of ketones is 1. The Morgan fingerprint density at radius 1 is 1.03 bits per heavy atom. The molecule has 1 amide bonds. The van der Waals surface area contributed by atoms with Crippen molar-refractivity contribution in [3.05, 3.63) is 86.9 Å². The largest absolute Gasteiger partial charge is 0.350 e. The van der Waals surface area contributed by atoms with Crippen molar-refractivity contribution in [2.45, 2.75) is 52.5 Å². The highest BCUT2D eigenvalue weighted by molar-refractivity contribution is 9.10. The molecule has 0 bridgehead atoms. The molecule has 1 fully saturated rings. The smallest absolute Gasteiger partial charge is 0.223 e. The zero-order chi connectivity index (χ0) is 23.5. The number of carbonyl (C=O) groups is 2. The number of nitrogens with zero attached hydrogens (tertiary/aromatic N) is 1. The van der Waals surface area contributed by atoms with Gasteiger partial charge in [-0.15, -0.1) is 0 Å². The van der Waals surface area contributed by atoms with E-state index in [9.17, 15) is 14.0 Å². The Balaban J connectivity index is 1.70. The third kappa shape index (κ3) is 4.96. The number of hydrogen-bond donors (Lipinski definition) is 1. The normalized spacial score (nSPS) is 14.3. The molecule has 1 saturated carbocycles. The van der Waals surface area contributed by atoms with Crippen molar-refractivity contribution in [2.24, 2.45) is 5.92 Å². The van der Waals surface area contributed by atoms with E-state index in [-0.39, 0.29) is 23.2 Å². The van der Waals surface area contributed by atoms with E-state index < -0.39 is 5.82 Å². The van der Waals surface area contributed by atoms with E-state index in [1.54, 1.807) is 18.2 Å². The maximum absolute atomic E-state index is 14.4. The lowest BCUT2D eigenvalue weighted by Gasteiger charge is -2.22. The van der Waals surface area contributed by atoms with Crippen molar-refractivity contribution in [2.75, 3.05) is 0 Å². The number of aromatic nitrogens is 1. The first-order valence-corrected chi connectivity index (χ1v) is 12.2. The third-order valence-corrected chi connectivity index (χ3v) is 6.97. The molecule has 0 atom stereocenters. The maximum atomic E-state index is 14.4. The van der Waals surface area contributed by atoms with Crippen LogP contribution >= 0.6 is 15.9 Å². The molecule has 0 aliphatic heterocycles. The quantitative estimate of drug-likeness (QED) is 0.388. The molecule has 0 saturated heterocycles. The lowest BCUT2D eigenvalue weighted by atomic mass is 9.88. The summed E-state index contributed by atoms with van der Waals surface area (Å²) in [5.41, 5.74) is 3.99. The van der Waals surface area contributed by atoms with Crippen LogP contribution in [0.15, 0.2) is 53.0 Å². The minimum atomic E-state index is -0.547. The van der Waals surface area contributed by atoms with Crippen LogP contribution in [-0.4, -0.2) is 16.3 Å². The molecule has 1 N–H and O–H groups in total. The zero-order valence-corrected chi connectivity index (χ0v) is 20.5. The third-order valence-electron chi connectivity index (χ3n) is 6.47. The van der Waals surface area contributed by atoms with E-state index in [0.29, 0.717) is 17.8 Å². The van der Waals surface area contributed by atoms with Gasteiger partial charge >= 0.3 is 0 Å². The first kappa shape index (κ1) is 23.4. The number of aryl methyl sites for hydroxylation is 2. The summed E-state index contributed by atoms with van der Waals surface area (Å²) in [5, 5.41) is 3.12. The van der Waals surface area contributed by atoms with E-state index in [0.717, 1.165) is 47.1 Å². The number of rotatable bonds is 6. The van der Waals surface area contributed by atoms with Crippen molar-refractivity contribution in [1.82, 2.24) is 9.88 Å². The van der Waals surface area contributed by atoms with E-state index in [2.05, 4.69) is 21.2 Å². The number of benzene rings is 2. The molecule has 4 nitrogen and oxygen atoms in total. The van der Waals surface area contributed by atoms with Crippen molar-refractivity contribution in [1.29, 1.82) is 0 Å². The molecular weight excluding hydrogens is 483 g/mol. The monoisotopic (exact) mass is 510 g/mol. The van der Waals surface area contributed by atoms with Crippen LogP contribution in [0, 0.1) is 25.6 Å². The summed E-state index contributed by atoms with van der Waals surface area (Å²) in [7, 11) is 0.